The number of rotatable bonds is 8. The third-order valence-electron chi connectivity index (χ3n) is 4.07. The van der Waals surface area contributed by atoms with Crippen LogP contribution in [0.25, 0.3) is 0 Å². The summed E-state index contributed by atoms with van der Waals surface area (Å²) < 4.78 is 5.94. The molecule has 1 aliphatic carbocycles. The fourth-order valence-corrected chi connectivity index (χ4v) is 2.54. The van der Waals surface area contributed by atoms with Crippen LogP contribution in [0.5, 0.6) is 0 Å². The van der Waals surface area contributed by atoms with Gasteiger partial charge in [0.1, 0.15) is 0 Å². The summed E-state index contributed by atoms with van der Waals surface area (Å²) in [7, 11) is 0. The van der Waals surface area contributed by atoms with Gasteiger partial charge in [0.25, 0.3) is 0 Å². The van der Waals surface area contributed by atoms with Gasteiger partial charge in [-0.1, -0.05) is 32.6 Å². The molecule has 3 N–H and O–H groups in total. The first-order chi connectivity index (χ1) is 9.08. The molecule has 0 spiro atoms. The topological polar surface area (TPSA) is 64.3 Å². The highest BCUT2D eigenvalue weighted by molar-refractivity contribution is 5.84. The highest BCUT2D eigenvalue weighted by Gasteiger charge is 2.30. The van der Waals surface area contributed by atoms with E-state index in [1.807, 2.05) is 6.92 Å². The normalized spacial score (nSPS) is 20.7. The molecule has 0 aliphatic heterocycles. The lowest BCUT2D eigenvalue weighted by Crippen LogP contribution is -2.54. The third-order valence-corrected chi connectivity index (χ3v) is 4.07. The van der Waals surface area contributed by atoms with Crippen molar-refractivity contribution in [1.29, 1.82) is 0 Å². The second-order valence-electron chi connectivity index (χ2n) is 5.86. The van der Waals surface area contributed by atoms with Crippen molar-refractivity contribution in [3.8, 4) is 0 Å². The van der Waals surface area contributed by atoms with Crippen LogP contribution in [0.2, 0.25) is 0 Å². The minimum atomic E-state index is -0.638. The van der Waals surface area contributed by atoms with E-state index in [9.17, 15) is 4.79 Å². The van der Waals surface area contributed by atoms with Crippen LogP contribution in [-0.4, -0.2) is 30.7 Å². The van der Waals surface area contributed by atoms with Crippen molar-refractivity contribution in [1.82, 2.24) is 5.32 Å². The van der Waals surface area contributed by atoms with Gasteiger partial charge in [-0.25, -0.2) is 0 Å². The predicted octanol–water partition coefficient (Wildman–Crippen LogP) is 2.36. The lowest BCUT2D eigenvalue weighted by Gasteiger charge is -2.28. The number of carbonyl (C=O) groups is 1. The molecule has 0 aromatic heterocycles. The zero-order valence-corrected chi connectivity index (χ0v) is 12.5. The van der Waals surface area contributed by atoms with Gasteiger partial charge in [0, 0.05) is 6.61 Å². The molecule has 0 bridgehead atoms. The summed E-state index contributed by atoms with van der Waals surface area (Å²) in [5, 5.41) is 3.24. The average molecular weight is 270 g/mol. The molecule has 1 amide bonds. The molecule has 1 unspecified atom stereocenters. The van der Waals surface area contributed by atoms with Gasteiger partial charge >= 0.3 is 0 Å². The largest absolute Gasteiger partial charge is 0.378 e. The number of carbonyl (C=O) groups excluding carboxylic acids is 1. The van der Waals surface area contributed by atoms with Gasteiger partial charge in [0.2, 0.25) is 5.91 Å². The van der Waals surface area contributed by atoms with Crippen molar-refractivity contribution < 1.29 is 9.53 Å². The van der Waals surface area contributed by atoms with E-state index in [-0.39, 0.29) is 5.91 Å². The Labute approximate surface area is 117 Å². The van der Waals surface area contributed by atoms with Crippen LogP contribution in [0.3, 0.4) is 0 Å². The number of amides is 1. The highest BCUT2D eigenvalue weighted by Crippen LogP contribution is 2.20. The van der Waals surface area contributed by atoms with E-state index in [0.29, 0.717) is 19.1 Å². The first kappa shape index (κ1) is 16.4. The lowest BCUT2D eigenvalue weighted by molar-refractivity contribution is -0.124. The SMILES string of the molecule is CCCNC(C)(CCOC1CCCCCC1)C(N)=O. The second kappa shape index (κ2) is 8.54. The van der Waals surface area contributed by atoms with Gasteiger partial charge in [-0.3, -0.25) is 4.79 Å². The first-order valence-corrected chi connectivity index (χ1v) is 7.75. The Balaban J connectivity index is 2.32. The van der Waals surface area contributed by atoms with Crippen LogP contribution in [0.4, 0.5) is 0 Å². The zero-order chi connectivity index (χ0) is 14.1. The average Bonchev–Trinajstić information content (AvgIpc) is 2.65. The maximum Gasteiger partial charge on any atom is 0.237 e. The molecule has 0 heterocycles. The highest BCUT2D eigenvalue weighted by atomic mass is 16.5. The van der Waals surface area contributed by atoms with E-state index >= 15 is 0 Å². The maximum absolute atomic E-state index is 11.6. The first-order valence-electron chi connectivity index (χ1n) is 7.75. The molecule has 0 radical (unpaired) electrons. The Morgan fingerprint density at radius 1 is 1.32 bits per heavy atom. The Bertz CT molecular complexity index is 263. The zero-order valence-electron chi connectivity index (χ0n) is 12.5. The van der Waals surface area contributed by atoms with E-state index in [1.165, 1.54) is 25.7 Å². The Hall–Kier alpha value is -0.610. The molecule has 1 fully saturated rings. The molecule has 0 aromatic rings. The minimum Gasteiger partial charge on any atom is -0.378 e. The fourth-order valence-electron chi connectivity index (χ4n) is 2.54. The Kier molecular flexibility index (Phi) is 7.39. The van der Waals surface area contributed by atoms with Gasteiger partial charge in [-0.15, -0.1) is 0 Å². The van der Waals surface area contributed by atoms with Crippen molar-refractivity contribution >= 4 is 5.91 Å². The molecule has 4 heteroatoms. The molecule has 1 aliphatic rings. The second-order valence-corrected chi connectivity index (χ2v) is 5.86. The smallest absolute Gasteiger partial charge is 0.237 e. The molecule has 0 aromatic carbocycles. The van der Waals surface area contributed by atoms with Gasteiger partial charge in [0.05, 0.1) is 11.6 Å². The Morgan fingerprint density at radius 3 is 2.47 bits per heavy atom. The van der Waals surface area contributed by atoms with Gasteiger partial charge in [-0.05, 0) is 39.2 Å². The van der Waals surface area contributed by atoms with E-state index in [1.54, 1.807) is 0 Å². The summed E-state index contributed by atoms with van der Waals surface area (Å²) in [5.74, 6) is -0.287. The monoisotopic (exact) mass is 270 g/mol. The molecule has 4 nitrogen and oxygen atoms in total. The van der Waals surface area contributed by atoms with Crippen molar-refractivity contribution in [3.63, 3.8) is 0 Å². The number of ether oxygens (including phenoxy) is 1. The standard InChI is InChI=1S/C15H30N2O2/c1-3-11-17-15(2,14(16)18)10-12-19-13-8-6-4-5-7-9-13/h13,17H,3-12H2,1-2H3,(H2,16,18). The van der Waals surface area contributed by atoms with Crippen LogP contribution < -0.4 is 11.1 Å². The van der Waals surface area contributed by atoms with Crippen LogP contribution in [0, 0.1) is 0 Å². The van der Waals surface area contributed by atoms with Crippen molar-refractivity contribution in [2.45, 2.75) is 76.9 Å². The van der Waals surface area contributed by atoms with Crippen molar-refractivity contribution in [3.05, 3.63) is 0 Å². The summed E-state index contributed by atoms with van der Waals surface area (Å²) in [6.45, 7) is 5.38. The molecule has 1 atom stereocenters. The quantitative estimate of drug-likeness (QED) is 0.665. The maximum atomic E-state index is 11.6. The summed E-state index contributed by atoms with van der Waals surface area (Å²) in [6.07, 6.45) is 9.55. The number of nitrogens with two attached hydrogens (primary N) is 1. The van der Waals surface area contributed by atoms with Gasteiger partial charge in [0.15, 0.2) is 0 Å². The molecular formula is C15H30N2O2. The summed E-state index contributed by atoms with van der Waals surface area (Å²) in [6, 6.07) is 0. The van der Waals surface area contributed by atoms with Crippen LogP contribution in [0.15, 0.2) is 0 Å². The van der Waals surface area contributed by atoms with Crippen LogP contribution in [-0.2, 0) is 9.53 Å². The number of primary amides is 1. The predicted molar refractivity (Wildman–Crippen MR) is 78.0 cm³/mol. The molecule has 1 rings (SSSR count). The molecule has 1 saturated carbocycles. The van der Waals surface area contributed by atoms with E-state index in [4.69, 9.17) is 10.5 Å². The van der Waals surface area contributed by atoms with E-state index < -0.39 is 5.54 Å². The third kappa shape index (κ3) is 5.91. The van der Waals surface area contributed by atoms with Gasteiger partial charge < -0.3 is 15.8 Å². The number of hydrogen-bond acceptors (Lipinski definition) is 3. The lowest BCUT2D eigenvalue weighted by atomic mass is 9.97. The summed E-state index contributed by atoms with van der Waals surface area (Å²) >= 11 is 0. The molecule has 112 valence electrons. The number of hydrogen-bond donors (Lipinski definition) is 2. The number of nitrogens with one attached hydrogen (secondary N) is 1. The van der Waals surface area contributed by atoms with Crippen molar-refractivity contribution in [2.75, 3.05) is 13.2 Å². The van der Waals surface area contributed by atoms with Gasteiger partial charge in [-0.2, -0.15) is 0 Å². The van der Waals surface area contributed by atoms with E-state index in [0.717, 1.165) is 25.8 Å². The fraction of sp³-hybridized carbons (Fsp3) is 0.933. The summed E-state index contributed by atoms with van der Waals surface area (Å²) in [5.41, 5.74) is 4.86. The Morgan fingerprint density at radius 2 is 1.95 bits per heavy atom. The van der Waals surface area contributed by atoms with Crippen LogP contribution >= 0.6 is 0 Å². The molecule has 19 heavy (non-hydrogen) atoms. The van der Waals surface area contributed by atoms with E-state index in [2.05, 4.69) is 12.2 Å². The van der Waals surface area contributed by atoms with Crippen LogP contribution in [0.1, 0.15) is 65.2 Å². The van der Waals surface area contributed by atoms with Crippen molar-refractivity contribution in [2.24, 2.45) is 5.73 Å². The molecular weight excluding hydrogens is 240 g/mol. The minimum absolute atomic E-state index is 0.287. The summed E-state index contributed by atoms with van der Waals surface area (Å²) in [4.78, 5) is 11.6. The molecule has 0 saturated heterocycles.